The number of benzene rings is 2. The highest BCUT2D eigenvalue weighted by atomic mass is 79.9. The third kappa shape index (κ3) is 3.80. The fourth-order valence-corrected chi connectivity index (χ4v) is 2.59. The van der Waals surface area contributed by atoms with Crippen LogP contribution in [-0.4, -0.2) is 0 Å². The fraction of sp³-hybridized carbons (Fsp3) is 0.200. The van der Waals surface area contributed by atoms with Crippen LogP contribution in [0.1, 0.15) is 16.7 Å². The summed E-state index contributed by atoms with van der Waals surface area (Å²) in [7, 11) is 0. The molecule has 2 aromatic rings. The molecule has 0 aliphatic rings. The SMILES string of the molecule is Cc1cc(OCc2cc(F)cc(Br)c2)cc(C)c1Br. The highest BCUT2D eigenvalue weighted by Crippen LogP contribution is 2.27. The Morgan fingerprint density at radius 1 is 1.00 bits per heavy atom. The van der Waals surface area contributed by atoms with Crippen LogP contribution >= 0.6 is 31.9 Å². The summed E-state index contributed by atoms with van der Waals surface area (Å²) in [6.07, 6.45) is 0. The molecule has 1 nitrogen and oxygen atoms in total. The van der Waals surface area contributed by atoms with Gasteiger partial charge in [-0.2, -0.15) is 0 Å². The molecule has 0 aliphatic carbocycles. The number of hydrogen-bond donors (Lipinski definition) is 0. The lowest BCUT2D eigenvalue weighted by Gasteiger charge is -2.10. The van der Waals surface area contributed by atoms with Gasteiger partial charge in [0.05, 0.1) is 0 Å². The van der Waals surface area contributed by atoms with Crippen LogP contribution in [0.5, 0.6) is 5.75 Å². The number of aryl methyl sites for hydroxylation is 2. The lowest BCUT2D eigenvalue weighted by Crippen LogP contribution is -1.97. The van der Waals surface area contributed by atoms with Gasteiger partial charge in [-0.05, 0) is 60.9 Å². The normalized spacial score (nSPS) is 10.6. The van der Waals surface area contributed by atoms with Crippen molar-refractivity contribution in [3.63, 3.8) is 0 Å². The number of ether oxygens (including phenoxy) is 1. The molecule has 0 N–H and O–H groups in total. The molecule has 0 aliphatic heterocycles. The fourth-order valence-electron chi connectivity index (χ4n) is 1.85. The summed E-state index contributed by atoms with van der Waals surface area (Å²) >= 11 is 6.79. The summed E-state index contributed by atoms with van der Waals surface area (Å²) in [5.41, 5.74) is 3.04. The van der Waals surface area contributed by atoms with Crippen molar-refractivity contribution in [1.82, 2.24) is 0 Å². The molecule has 0 amide bonds. The van der Waals surface area contributed by atoms with E-state index in [1.807, 2.05) is 32.0 Å². The van der Waals surface area contributed by atoms with Gasteiger partial charge in [0.25, 0.3) is 0 Å². The molecule has 0 radical (unpaired) electrons. The molecule has 4 heteroatoms. The molecule has 0 saturated heterocycles. The zero-order chi connectivity index (χ0) is 14.0. The molecular weight excluding hydrogens is 375 g/mol. The Labute approximate surface area is 129 Å². The first-order valence-electron chi connectivity index (χ1n) is 5.80. The minimum atomic E-state index is -0.267. The Balaban J connectivity index is 2.14. The van der Waals surface area contributed by atoms with Crippen LogP contribution in [0.3, 0.4) is 0 Å². The Hall–Kier alpha value is -0.870. The topological polar surface area (TPSA) is 9.23 Å². The molecule has 0 fully saturated rings. The quantitative estimate of drug-likeness (QED) is 0.671. The van der Waals surface area contributed by atoms with E-state index < -0.39 is 0 Å². The van der Waals surface area contributed by atoms with Crippen molar-refractivity contribution in [2.24, 2.45) is 0 Å². The molecule has 19 heavy (non-hydrogen) atoms. The van der Waals surface area contributed by atoms with Crippen LogP contribution in [0.25, 0.3) is 0 Å². The molecular formula is C15H13Br2FO. The van der Waals surface area contributed by atoms with Crippen LogP contribution in [0.2, 0.25) is 0 Å². The summed E-state index contributed by atoms with van der Waals surface area (Å²) < 4.78 is 20.8. The van der Waals surface area contributed by atoms with Crippen molar-refractivity contribution in [3.05, 3.63) is 61.8 Å². The van der Waals surface area contributed by atoms with Crippen LogP contribution in [0, 0.1) is 19.7 Å². The van der Waals surface area contributed by atoms with Crippen molar-refractivity contribution in [1.29, 1.82) is 0 Å². The molecule has 0 heterocycles. The molecule has 0 spiro atoms. The standard InChI is InChI=1S/C15H13Br2FO/c1-9-3-14(4-10(2)15(9)17)19-8-11-5-12(16)7-13(18)6-11/h3-7H,8H2,1-2H3. The van der Waals surface area contributed by atoms with Gasteiger partial charge in [0.2, 0.25) is 0 Å². The molecule has 0 saturated carbocycles. The van der Waals surface area contributed by atoms with Gasteiger partial charge in [0.1, 0.15) is 18.2 Å². The predicted octanol–water partition coefficient (Wildman–Crippen LogP) is 5.55. The zero-order valence-electron chi connectivity index (χ0n) is 10.6. The van der Waals surface area contributed by atoms with E-state index >= 15 is 0 Å². The Morgan fingerprint density at radius 3 is 2.21 bits per heavy atom. The van der Waals surface area contributed by atoms with Crippen molar-refractivity contribution in [3.8, 4) is 5.75 Å². The van der Waals surface area contributed by atoms with Crippen molar-refractivity contribution in [2.45, 2.75) is 20.5 Å². The first-order valence-corrected chi connectivity index (χ1v) is 7.39. The summed E-state index contributed by atoms with van der Waals surface area (Å²) in [5.74, 6) is 0.523. The number of rotatable bonds is 3. The van der Waals surface area contributed by atoms with Crippen LogP contribution in [0.4, 0.5) is 4.39 Å². The average molecular weight is 388 g/mol. The van der Waals surface area contributed by atoms with Crippen molar-refractivity contribution >= 4 is 31.9 Å². The maximum absolute atomic E-state index is 13.2. The van der Waals surface area contributed by atoms with Gasteiger partial charge in [-0.25, -0.2) is 4.39 Å². The lowest BCUT2D eigenvalue weighted by atomic mass is 10.1. The second-order valence-corrected chi connectivity index (χ2v) is 6.15. The first-order chi connectivity index (χ1) is 8.95. The molecule has 2 aromatic carbocycles. The third-order valence-electron chi connectivity index (χ3n) is 2.74. The van der Waals surface area contributed by atoms with Gasteiger partial charge in [0, 0.05) is 8.95 Å². The van der Waals surface area contributed by atoms with Crippen molar-refractivity contribution in [2.75, 3.05) is 0 Å². The predicted molar refractivity (Wildman–Crippen MR) is 82.0 cm³/mol. The third-order valence-corrected chi connectivity index (χ3v) is 4.45. The minimum absolute atomic E-state index is 0.267. The summed E-state index contributed by atoms with van der Waals surface area (Å²) in [5, 5.41) is 0. The number of hydrogen-bond acceptors (Lipinski definition) is 1. The monoisotopic (exact) mass is 386 g/mol. The van der Waals surface area contributed by atoms with E-state index in [2.05, 4.69) is 31.9 Å². The van der Waals surface area contributed by atoms with E-state index in [0.717, 1.165) is 26.9 Å². The van der Waals surface area contributed by atoms with E-state index in [-0.39, 0.29) is 5.82 Å². The van der Waals surface area contributed by atoms with Gasteiger partial charge >= 0.3 is 0 Å². The molecule has 100 valence electrons. The molecule has 0 unspecified atom stereocenters. The maximum atomic E-state index is 13.2. The largest absolute Gasteiger partial charge is 0.489 e. The van der Waals surface area contributed by atoms with Crippen LogP contribution < -0.4 is 4.74 Å². The van der Waals surface area contributed by atoms with Gasteiger partial charge in [-0.1, -0.05) is 31.9 Å². The van der Waals surface area contributed by atoms with Crippen molar-refractivity contribution < 1.29 is 9.13 Å². The molecule has 0 bridgehead atoms. The van der Waals surface area contributed by atoms with Gasteiger partial charge < -0.3 is 4.74 Å². The summed E-state index contributed by atoms with van der Waals surface area (Å²) in [6.45, 7) is 4.38. The molecule has 2 rings (SSSR count). The second kappa shape index (κ2) is 6.06. The Morgan fingerprint density at radius 2 is 1.63 bits per heavy atom. The van der Waals surface area contributed by atoms with Gasteiger partial charge in [-0.3, -0.25) is 0 Å². The number of halogens is 3. The summed E-state index contributed by atoms with van der Waals surface area (Å²) in [4.78, 5) is 0. The Bertz CT molecular complexity index is 568. The van der Waals surface area contributed by atoms with Gasteiger partial charge in [-0.15, -0.1) is 0 Å². The van der Waals surface area contributed by atoms with E-state index in [9.17, 15) is 4.39 Å². The van der Waals surface area contributed by atoms with E-state index in [1.165, 1.54) is 12.1 Å². The Kier molecular flexibility index (Phi) is 4.63. The lowest BCUT2D eigenvalue weighted by molar-refractivity contribution is 0.305. The van der Waals surface area contributed by atoms with E-state index in [4.69, 9.17) is 4.74 Å². The molecule has 0 aromatic heterocycles. The highest BCUT2D eigenvalue weighted by Gasteiger charge is 2.04. The first kappa shape index (κ1) is 14.5. The average Bonchev–Trinajstić information content (AvgIpc) is 2.32. The minimum Gasteiger partial charge on any atom is -0.489 e. The van der Waals surface area contributed by atoms with E-state index in [1.54, 1.807) is 0 Å². The second-order valence-electron chi connectivity index (χ2n) is 4.44. The zero-order valence-corrected chi connectivity index (χ0v) is 13.8. The van der Waals surface area contributed by atoms with Crippen LogP contribution in [0.15, 0.2) is 39.3 Å². The molecule has 0 atom stereocenters. The summed E-state index contributed by atoms with van der Waals surface area (Å²) in [6, 6.07) is 8.68. The van der Waals surface area contributed by atoms with Gasteiger partial charge in [0.15, 0.2) is 0 Å². The maximum Gasteiger partial charge on any atom is 0.124 e. The smallest absolute Gasteiger partial charge is 0.124 e. The van der Waals surface area contributed by atoms with E-state index in [0.29, 0.717) is 11.1 Å². The van der Waals surface area contributed by atoms with Crippen LogP contribution in [-0.2, 0) is 6.61 Å². The highest BCUT2D eigenvalue weighted by molar-refractivity contribution is 9.10.